The highest BCUT2D eigenvalue weighted by Crippen LogP contribution is 2.67. The van der Waals surface area contributed by atoms with Crippen LogP contribution in [0.2, 0.25) is 0 Å². The van der Waals surface area contributed by atoms with Crippen molar-refractivity contribution in [2.45, 2.75) is 83.3 Å². The first kappa shape index (κ1) is 31.8. The number of benzene rings is 1. The van der Waals surface area contributed by atoms with E-state index in [9.17, 15) is 30.2 Å². The molecule has 4 aliphatic rings. The zero-order chi connectivity index (χ0) is 31.9. The van der Waals surface area contributed by atoms with Crippen molar-refractivity contribution < 1.29 is 39.8 Å². The summed E-state index contributed by atoms with van der Waals surface area (Å²) in [5.41, 5.74) is 0.967. The van der Waals surface area contributed by atoms with Crippen LogP contribution in [0.1, 0.15) is 70.8 Å². The van der Waals surface area contributed by atoms with Gasteiger partial charge in [-0.1, -0.05) is 48.4 Å². The van der Waals surface area contributed by atoms with Crippen molar-refractivity contribution in [1.29, 1.82) is 0 Å². The van der Waals surface area contributed by atoms with Crippen molar-refractivity contribution in [3.05, 3.63) is 35.4 Å². The molecular weight excluding hydrogens is 566 g/mol. The van der Waals surface area contributed by atoms with E-state index in [0.717, 1.165) is 56.7 Å². The van der Waals surface area contributed by atoms with Gasteiger partial charge in [-0.15, -0.1) is 11.6 Å². The van der Waals surface area contributed by atoms with Gasteiger partial charge in [0.2, 0.25) is 0 Å². The lowest BCUT2D eigenvalue weighted by Gasteiger charge is -2.58. The van der Waals surface area contributed by atoms with E-state index in [4.69, 9.17) is 16.0 Å². The molecule has 0 saturated heterocycles. The Kier molecular flexibility index (Phi) is 8.73. The van der Waals surface area contributed by atoms with E-state index in [1.54, 1.807) is 0 Å². The number of ether oxygens (including phenoxy) is 1. The van der Waals surface area contributed by atoms with Gasteiger partial charge >= 0.3 is 5.97 Å². The maximum atomic E-state index is 12.7. The zero-order valence-corrected chi connectivity index (χ0v) is 25.5. The van der Waals surface area contributed by atoms with Gasteiger partial charge in [0.15, 0.2) is 6.61 Å². The van der Waals surface area contributed by atoms with E-state index in [1.165, 1.54) is 24.8 Å². The van der Waals surface area contributed by atoms with Crippen LogP contribution in [0, 0.1) is 40.9 Å². The Labute approximate surface area is 257 Å². The van der Waals surface area contributed by atoms with Crippen LogP contribution in [0.4, 0.5) is 5.69 Å². The fourth-order valence-electron chi connectivity index (χ4n) is 8.72. The maximum absolute atomic E-state index is 12.7. The molecule has 4 N–H and O–H groups in total. The van der Waals surface area contributed by atoms with E-state index < -0.39 is 35.9 Å². The Morgan fingerprint density at radius 3 is 2.64 bits per heavy atom. The predicted octanol–water partition coefficient (Wildman–Crippen LogP) is 3.25. The zero-order valence-electron chi connectivity index (χ0n) is 25.5. The molecule has 4 aliphatic carbocycles. The van der Waals surface area contributed by atoms with Crippen molar-refractivity contribution in [3.8, 4) is 18.1 Å². The minimum atomic E-state index is -1.10. The third-order valence-electron chi connectivity index (χ3n) is 11.2. The molecule has 11 heteroatoms. The summed E-state index contributed by atoms with van der Waals surface area (Å²) in [7, 11) is 1.19. The summed E-state index contributed by atoms with van der Waals surface area (Å²) >= 11 is 0. The molecular formula is C33H42N3O8-. The normalized spacial score (nSPS) is 34.0. The molecule has 44 heavy (non-hydrogen) atoms. The number of carbonyl (C=O) groups excluding carboxylic acids is 2. The predicted molar refractivity (Wildman–Crippen MR) is 158 cm³/mol. The molecule has 7 unspecified atom stereocenters. The number of allylic oxidation sites excluding steroid dienone is 2. The van der Waals surface area contributed by atoms with E-state index in [0.29, 0.717) is 29.7 Å². The number of rotatable bonds is 8. The quantitative estimate of drug-likeness (QED) is 0.197. The van der Waals surface area contributed by atoms with Gasteiger partial charge < -0.3 is 25.1 Å². The van der Waals surface area contributed by atoms with Crippen LogP contribution in [0.15, 0.2) is 35.0 Å². The Bertz CT molecular complexity index is 1400. The lowest BCUT2D eigenvalue weighted by molar-refractivity contribution is -0.268. The Balaban J connectivity index is 1.20. The number of esters is 1. The smallest absolute Gasteiger partial charge is 0.328 e. The average molecular weight is 609 g/mol. The van der Waals surface area contributed by atoms with Crippen LogP contribution in [0.5, 0.6) is 5.75 Å². The van der Waals surface area contributed by atoms with Gasteiger partial charge in [0.05, 0.1) is 18.5 Å². The van der Waals surface area contributed by atoms with Crippen molar-refractivity contribution in [2.24, 2.45) is 33.7 Å². The summed E-state index contributed by atoms with van der Waals surface area (Å²) in [6, 6.07) is 2.67. The number of fused-ring (bicyclic) bond motifs is 5. The van der Waals surface area contributed by atoms with Gasteiger partial charge in [-0.05, 0) is 92.2 Å². The first-order valence-electron chi connectivity index (χ1n) is 15.3. The molecule has 0 bridgehead atoms. The second-order valence-corrected chi connectivity index (χ2v) is 13.3. The van der Waals surface area contributed by atoms with Crippen LogP contribution in [0.3, 0.4) is 0 Å². The number of terminal acetylenes is 1. The molecule has 7 atom stereocenters. The Hall–Kier alpha value is -3.59. The second kappa shape index (κ2) is 12.1. The lowest BCUT2D eigenvalue weighted by atomic mass is 9.46. The summed E-state index contributed by atoms with van der Waals surface area (Å²) in [5, 5.41) is 48.0. The molecule has 5 rings (SSSR count). The molecule has 11 nitrogen and oxygen atoms in total. The van der Waals surface area contributed by atoms with Crippen LogP contribution in [-0.4, -0.2) is 58.5 Å². The molecule has 0 aliphatic heterocycles. The molecule has 3 saturated carbocycles. The monoisotopic (exact) mass is 608 g/mol. The number of oxime groups is 1. The third kappa shape index (κ3) is 5.55. The van der Waals surface area contributed by atoms with Gasteiger partial charge in [0.25, 0.3) is 5.91 Å². The van der Waals surface area contributed by atoms with Crippen molar-refractivity contribution >= 4 is 23.3 Å². The number of carbonyl (C=O) groups is 2. The largest absolute Gasteiger partial charge is 0.871 e. The number of nitrogens with zero attached hydrogens (tertiary/aromatic N) is 2. The lowest BCUT2D eigenvalue weighted by Crippen LogP contribution is -2.54. The number of hydrogen-bond donors (Lipinski definition) is 4. The summed E-state index contributed by atoms with van der Waals surface area (Å²) in [4.78, 5) is 30.4. The van der Waals surface area contributed by atoms with Gasteiger partial charge in [-0.25, -0.2) is 4.79 Å². The van der Waals surface area contributed by atoms with E-state index in [2.05, 4.69) is 36.3 Å². The Morgan fingerprint density at radius 1 is 1.18 bits per heavy atom. The number of anilines is 1. The standard InChI is InChI=1S/C33H43N3O8/c1-5-33(40)15-12-25-23-8-7-21-18-22(10-13-31(21,2)24(23)11-14-32(25,33)3)35-44-19-29(38)34-26(30(39)43-4)16-20-6-9-28(37)27(17-20)36(41)42/h1,6,9,17-18,23-26,37,40-42H,7-8,10-16,19H2,2-4H3,(H,34,38)/p-1. The molecule has 0 aromatic heterocycles. The highest BCUT2D eigenvalue weighted by atomic mass is 16.8. The van der Waals surface area contributed by atoms with Gasteiger partial charge in [0, 0.05) is 11.8 Å². The summed E-state index contributed by atoms with van der Waals surface area (Å²) in [5.74, 6) is 2.33. The third-order valence-corrected chi connectivity index (χ3v) is 11.2. The number of amides is 1. The number of nitrogens with one attached hydrogen (secondary N) is 1. The topological polar surface area (TPSA) is 164 Å². The molecule has 1 aromatic rings. The van der Waals surface area contributed by atoms with Crippen LogP contribution in [-0.2, 0) is 25.6 Å². The fraction of sp³-hybridized carbons (Fsp3) is 0.606. The average Bonchev–Trinajstić information content (AvgIpc) is 3.27. The van der Waals surface area contributed by atoms with E-state index >= 15 is 0 Å². The Morgan fingerprint density at radius 2 is 1.93 bits per heavy atom. The van der Waals surface area contributed by atoms with Gasteiger partial charge in [-0.3, -0.25) is 15.2 Å². The summed E-state index contributed by atoms with van der Waals surface area (Å²) < 4.78 is 4.81. The maximum Gasteiger partial charge on any atom is 0.328 e. The highest BCUT2D eigenvalue weighted by Gasteiger charge is 2.63. The minimum Gasteiger partial charge on any atom is -0.871 e. The molecule has 0 heterocycles. The van der Waals surface area contributed by atoms with Crippen LogP contribution < -0.4 is 15.6 Å². The fourth-order valence-corrected chi connectivity index (χ4v) is 8.72. The molecule has 0 spiro atoms. The van der Waals surface area contributed by atoms with Crippen molar-refractivity contribution in [2.75, 3.05) is 18.9 Å². The van der Waals surface area contributed by atoms with Crippen LogP contribution >= 0.6 is 0 Å². The minimum absolute atomic E-state index is 0.0527. The molecule has 238 valence electrons. The van der Waals surface area contributed by atoms with Crippen molar-refractivity contribution in [3.63, 3.8) is 0 Å². The van der Waals surface area contributed by atoms with E-state index in [-0.39, 0.29) is 28.2 Å². The SMILES string of the molecule is C#CC1(O)CCC2C3CCC4=CC(=NOCC(=O)NC(Cc5ccc([O-])c(N(O)O)c5)C(=O)OC)CCC4(C)C3CCC21C. The summed E-state index contributed by atoms with van der Waals surface area (Å²) in [6.45, 7) is 4.15. The van der Waals surface area contributed by atoms with Crippen LogP contribution in [0.25, 0.3) is 0 Å². The number of aliphatic hydroxyl groups is 1. The molecule has 1 aromatic carbocycles. The van der Waals surface area contributed by atoms with Gasteiger partial charge in [0.1, 0.15) is 11.6 Å². The number of hydrogen-bond acceptors (Lipinski definition) is 10. The molecule has 0 radical (unpaired) electrons. The second-order valence-electron chi connectivity index (χ2n) is 13.3. The first-order chi connectivity index (χ1) is 20.8. The highest BCUT2D eigenvalue weighted by molar-refractivity contribution is 5.96. The molecule has 3 fully saturated rings. The first-order valence-corrected chi connectivity index (χ1v) is 15.3. The molecule has 1 amide bonds. The summed E-state index contributed by atoms with van der Waals surface area (Å²) in [6.07, 6.45) is 15.2. The number of methoxy groups -OCH3 is 1. The van der Waals surface area contributed by atoms with Crippen molar-refractivity contribution in [1.82, 2.24) is 5.32 Å². The van der Waals surface area contributed by atoms with Gasteiger partial charge in [-0.2, -0.15) is 0 Å². The van der Waals surface area contributed by atoms with E-state index in [1.807, 2.05) is 0 Å².